The molecule has 0 aliphatic carbocycles. The summed E-state index contributed by atoms with van der Waals surface area (Å²) in [5.41, 5.74) is 2.62. The number of hydrogen-bond donors (Lipinski definition) is 2. The van der Waals surface area contributed by atoms with E-state index in [0.717, 1.165) is 37.5 Å². The van der Waals surface area contributed by atoms with E-state index >= 15 is 0 Å². The number of nitrogens with one attached hydrogen (secondary N) is 1. The zero-order valence-corrected chi connectivity index (χ0v) is 23.1. The third kappa shape index (κ3) is 8.13. The van der Waals surface area contributed by atoms with Crippen molar-refractivity contribution >= 4 is 16.0 Å². The Morgan fingerprint density at radius 2 is 1.59 bits per heavy atom. The molecule has 0 bridgehead atoms. The second-order valence-corrected chi connectivity index (χ2v) is 11.6. The minimum Gasteiger partial charge on any atom is -0.497 e. The van der Waals surface area contributed by atoms with Crippen LogP contribution in [0.2, 0.25) is 0 Å². The van der Waals surface area contributed by atoms with Gasteiger partial charge in [0.25, 0.3) is 10.0 Å². The molecule has 2 fully saturated rings. The van der Waals surface area contributed by atoms with E-state index in [1.807, 2.05) is 12.1 Å². The highest BCUT2D eigenvalue weighted by molar-refractivity contribution is 7.89. The van der Waals surface area contributed by atoms with Crippen LogP contribution in [0.25, 0.3) is 0 Å². The maximum Gasteiger partial charge on any atom is 0.331 e. The van der Waals surface area contributed by atoms with E-state index in [1.165, 1.54) is 56.2 Å². The fourth-order valence-electron chi connectivity index (χ4n) is 4.87. The van der Waals surface area contributed by atoms with E-state index in [4.69, 9.17) is 14.3 Å². The zero-order chi connectivity index (χ0) is 27.7. The first-order valence-corrected chi connectivity index (χ1v) is 14.8. The molecule has 2 aromatic carbocycles. The van der Waals surface area contributed by atoms with Crippen LogP contribution in [0, 0.1) is 5.92 Å². The molecule has 2 aromatic rings. The van der Waals surface area contributed by atoms with Gasteiger partial charge in [-0.25, -0.2) is 13.2 Å². The third-order valence-corrected chi connectivity index (χ3v) is 8.67. The average Bonchev–Trinajstić information content (AvgIpc) is 2.97. The van der Waals surface area contributed by atoms with Crippen molar-refractivity contribution in [3.63, 3.8) is 0 Å². The number of hydrogen-bond acceptors (Lipinski definition) is 10. The van der Waals surface area contributed by atoms with Gasteiger partial charge in [0.1, 0.15) is 18.1 Å². The maximum atomic E-state index is 12.8. The smallest absolute Gasteiger partial charge is 0.331 e. The van der Waals surface area contributed by atoms with Crippen LogP contribution in [0.3, 0.4) is 0 Å². The number of nitrogens with zero attached hydrogens (tertiary/aromatic N) is 3. The predicted molar refractivity (Wildman–Crippen MR) is 143 cm³/mol. The van der Waals surface area contributed by atoms with Crippen molar-refractivity contribution < 1.29 is 32.7 Å². The lowest BCUT2D eigenvalue weighted by Crippen LogP contribution is -2.45. The summed E-state index contributed by atoms with van der Waals surface area (Å²) in [6.45, 7) is 6.03. The van der Waals surface area contributed by atoms with Crippen LogP contribution in [-0.4, -0.2) is 80.4 Å². The second kappa shape index (κ2) is 14.1. The molecule has 214 valence electrons. The van der Waals surface area contributed by atoms with E-state index in [-0.39, 0.29) is 9.47 Å². The Hall–Kier alpha value is -2.74. The molecule has 11 nitrogen and oxygen atoms in total. The maximum absolute atomic E-state index is 12.8. The average molecular weight is 563 g/mol. The molecular weight excluding hydrogens is 524 g/mol. The van der Waals surface area contributed by atoms with Crippen molar-refractivity contribution in [2.75, 3.05) is 46.4 Å². The highest BCUT2D eigenvalue weighted by Gasteiger charge is 2.33. The minimum absolute atomic E-state index is 0.0830. The largest absolute Gasteiger partial charge is 0.497 e. The predicted octanol–water partition coefficient (Wildman–Crippen LogP) is 2.81. The van der Waals surface area contributed by atoms with Crippen LogP contribution in [0.15, 0.2) is 53.4 Å². The first-order valence-electron chi connectivity index (χ1n) is 13.4. The summed E-state index contributed by atoms with van der Waals surface area (Å²) in [7, 11) is -2.87. The van der Waals surface area contributed by atoms with Crippen molar-refractivity contribution in [1.82, 2.24) is 20.0 Å². The number of hydrazine groups is 1. The van der Waals surface area contributed by atoms with Crippen LogP contribution < -0.4 is 15.1 Å². The third-order valence-electron chi connectivity index (χ3n) is 7.21. The fourth-order valence-corrected chi connectivity index (χ4v) is 5.83. The van der Waals surface area contributed by atoms with E-state index in [9.17, 15) is 18.4 Å². The van der Waals surface area contributed by atoms with Gasteiger partial charge >= 0.3 is 5.97 Å². The zero-order valence-electron chi connectivity index (χ0n) is 22.3. The highest BCUT2D eigenvalue weighted by atomic mass is 32.2. The highest BCUT2D eigenvalue weighted by Crippen LogP contribution is 2.24. The number of ether oxygens (including phenoxy) is 2. The van der Waals surface area contributed by atoms with Gasteiger partial charge in [-0.1, -0.05) is 24.1 Å². The molecule has 39 heavy (non-hydrogen) atoms. The van der Waals surface area contributed by atoms with Crippen LogP contribution >= 0.6 is 0 Å². The quantitative estimate of drug-likeness (QED) is 0.374. The number of methoxy groups -OCH3 is 1. The second-order valence-electron chi connectivity index (χ2n) is 9.86. The molecular formula is C27H38N4O7S. The molecule has 0 radical (unpaired) electrons. The van der Waals surface area contributed by atoms with Gasteiger partial charge in [0.15, 0.2) is 0 Å². The lowest BCUT2D eigenvalue weighted by molar-refractivity contribution is -0.209. The van der Waals surface area contributed by atoms with E-state index in [2.05, 4.69) is 21.9 Å². The molecule has 0 amide bonds. The first kappa shape index (κ1) is 29.2. The summed E-state index contributed by atoms with van der Waals surface area (Å²) in [6.07, 6.45) is 4.91. The summed E-state index contributed by atoms with van der Waals surface area (Å²) in [6, 6.07) is 13.6. The Bertz CT molecular complexity index is 1150. The topological polar surface area (TPSA) is 121 Å². The van der Waals surface area contributed by atoms with E-state index in [0.29, 0.717) is 38.3 Å². The Labute approximate surface area is 230 Å². The van der Waals surface area contributed by atoms with Crippen LogP contribution in [0.4, 0.5) is 0 Å². The molecule has 2 saturated heterocycles. The molecule has 0 spiro atoms. The Morgan fingerprint density at radius 1 is 0.949 bits per heavy atom. The number of likely N-dealkylation sites (tertiary alicyclic amines) is 2. The summed E-state index contributed by atoms with van der Waals surface area (Å²) in [4.78, 5) is 22.3. The van der Waals surface area contributed by atoms with Crippen LogP contribution in [0.1, 0.15) is 37.7 Å². The van der Waals surface area contributed by atoms with Gasteiger partial charge in [0.2, 0.25) is 0 Å². The van der Waals surface area contributed by atoms with Crippen molar-refractivity contribution in [2.24, 2.45) is 5.92 Å². The summed E-state index contributed by atoms with van der Waals surface area (Å²) < 4.78 is 36.5. The van der Waals surface area contributed by atoms with Gasteiger partial charge in [-0.3, -0.25) is 15.0 Å². The molecule has 2 heterocycles. The van der Waals surface area contributed by atoms with Gasteiger partial charge in [-0.2, -0.15) is 0 Å². The number of carbonyl (C=O) groups is 1. The number of benzene rings is 2. The number of carbonyl (C=O) groups excluding carboxylic acids is 1. The van der Waals surface area contributed by atoms with Crippen molar-refractivity contribution in [3.05, 3.63) is 54.1 Å². The number of rotatable bonds is 12. The molecule has 2 aliphatic heterocycles. The SMILES string of the molecule is COc1ccc(S(=O)(=O)N(NO)OC(=O)C2CCN(Cc3ccc(OCCN4CCCCC4)cc3)CC2)cc1. The monoisotopic (exact) mass is 562 g/mol. The van der Waals surface area contributed by atoms with Gasteiger partial charge < -0.3 is 14.3 Å². The van der Waals surface area contributed by atoms with Crippen LogP contribution in [-0.2, 0) is 26.2 Å². The van der Waals surface area contributed by atoms with Crippen molar-refractivity contribution in [1.29, 1.82) is 0 Å². The lowest BCUT2D eigenvalue weighted by atomic mass is 9.97. The van der Waals surface area contributed by atoms with Crippen molar-refractivity contribution in [3.8, 4) is 11.5 Å². The molecule has 0 saturated carbocycles. The molecule has 2 aliphatic rings. The normalized spacial score (nSPS) is 17.7. The summed E-state index contributed by atoms with van der Waals surface area (Å²) in [5, 5.41) is 9.38. The standard InChI is InChI=1S/C27H38N4O7S/c1-36-24-9-11-26(12-10-24)39(34,35)31(28-33)38-27(32)23-13-17-30(18-14-23)21-22-5-7-25(8-6-22)37-20-19-29-15-3-2-4-16-29/h5-12,23,28,33H,2-4,13-21H2,1H3. The first-order chi connectivity index (χ1) is 18.9. The molecule has 4 rings (SSSR count). The summed E-state index contributed by atoms with van der Waals surface area (Å²) in [5.74, 6) is 0.121. The lowest BCUT2D eigenvalue weighted by Gasteiger charge is -2.31. The Kier molecular flexibility index (Phi) is 10.5. The minimum atomic E-state index is -4.33. The van der Waals surface area contributed by atoms with Gasteiger partial charge in [0, 0.05) is 13.1 Å². The van der Waals surface area contributed by atoms with Crippen molar-refractivity contribution in [2.45, 2.75) is 43.5 Å². The Morgan fingerprint density at radius 3 is 2.21 bits per heavy atom. The van der Waals surface area contributed by atoms with Gasteiger partial charge in [-0.15, -0.1) is 0 Å². The van der Waals surface area contributed by atoms with E-state index < -0.39 is 21.9 Å². The molecule has 12 heteroatoms. The van der Waals surface area contributed by atoms with Gasteiger partial charge in [-0.05, 0) is 93.8 Å². The van der Waals surface area contributed by atoms with Crippen LogP contribution in [0.5, 0.6) is 11.5 Å². The Balaban J connectivity index is 1.21. The number of piperidine rings is 2. The molecule has 0 atom stereocenters. The number of sulfonamides is 1. The van der Waals surface area contributed by atoms with Gasteiger partial charge in [0.05, 0.1) is 22.5 Å². The summed E-state index contributed by atoms with van der Waals surface area (Å²) >= 11 is 0. The molecule has 0 aromatic heterocycles. The van der Waals surface area contributed by atoms with E-state index in [1.54, 1.807) is 0 Å². The molecule has 0 unspecified atom stereocenters. The fraction of sp³-hybridized carbons (Fsp3) is 0.519. The molecule has 2 N–H and O–H groups in total.